The molecular weight excluding hydrogens is 1040 g/mol. The van der Waals surface area contributed by atoms with Crippen LogP contribution in [0.2, 0.25) is 0 Å². The van der Waals surface area contributed by atoms with Crippen molar-refractivity contribution < 1.29 is 4.74 Å². The Morgan fingerprint density at radius 3 is 1.37 bits per heavy atom. The Balaban J connectivity index is 0.939. The zero-order chi connectivity index (χ0) is 56.9. The molecule has 0 N–H and O–H groups in total. The summed E-state index contributed by atoms with van der Waals surface area (Å²) in [5, 5.41) is 0. The molecule has 0 amide bonds. The standard InChI is InChI=1S/C79H64B2N4O/c1-79(2,3)56-44-71-77-75(45-56)86-74-49-70-66(48-67(74)81(77)64-33-19-21-35-68(64)83(71)57-29-15-7-16-30-57)80-65-34-20-22-36-69(65)85(78-62(53-25-11-5-12-26-53)42-55(52-23-9-4-10-24-52)43-63(78)54-27-13-6-14-28-54)73-47-61(82-59-38-50-37-51(40-59)41-60(82)39-50)46-72(76(73)80)84(70)58-31-17-8-18-32-58/h4-36,42-51,59-60H,37-41H2,1-3H3. The van der Waals surface area contributed by atoms with E-state index in [0.717, 1.165) is 40.4 Å². The van der Waals surface area contributed by atoms with Gasteiger partial charge in [0.1, 0.15) is 11.5 Å². The Morgan fingerprint density at radius 2 is 0.814 bits per heavy atom. The van der Waals surface area contributed by atoms with Gasteiger partial charge in [-0.05, 0) is 183 Å². The number of piperidine rings is 2. The summed E-state index contributed by atoms with van der Waals surface area (Å²) in [6.07, 6.45) is 6.49. The van der Waals surface area contributed by atoms with Crippen molar-refractivity contribution in [2.75, 3.05) is 19.6 Å². The molecule has 4 bridgehead atoms. The molecule has 6 heterocycles. The summed E-state index contributed by atoms with van der Waals surface area (Å²) >= 11 is 0. The van der Waals surface area contributed by atoms with E-state index in [1.807, 2.05) is 0 Å². The summed E-state index contributed by atoms with van der Waals surface area (Å²) in [5.41, 5.74) is 27.8. The van der Waals surface area contributed by atoms with E-state index in [4.69, 9.17) is 4.74 Å². The van der Waals surface area contributed by atoms with E-state index in [2.05, 4.69) is 289 Å². The first-order valence-electron chi connectivity index (χ1n) is 31.3. The first-order valence-corrected chi connectivity index (χ1v) is 31.3. The Labute approximate surface area is 506 Å². The average molecular weight is 1110 g/mol. The fraction of sp³-hybridized carbons (Fsp3) is 0.165. The van der Waals surface area contributed by atoms with Gasteiger partial charge in [0.15, 0.2) is 0 Å². The molecule has 2 saturated heterocycles. The van der Waals surface area contributed by atoms with Gasteiger partial charge in [0.05, 0.1) is 5.69 Å². The van der Waals surface area contributed by atoms with E-state index < -0.39 is 0 Å². The van der Waals surface area contributed by atoms with Crippen LogP contribution in [0.3, 0.4) is 0 Å². The highest BCUT2D eigenvalue weighted by molar-refractivity contribution is 7.02. The smallest absolute Gasteiger partial charge is 0.256 e. The number of anilines is 10. The normalized spacial score (nSPS) is 18.8. The molecule has 2 saturated carbocycles. The van der Waals surface area contributed by atoms with E-state index in [9.17, 15) is 0 Å². The molecule has 7 heteroatoms. The van der Waals surface area contributed by atoms with Crippen LogP contribution in [-0.2, 0) is 5.41 Å². The molecule has 0 unspecified atom stereocenters. The van der Waals surface area contributed by atoms with Crippen molar-refractivity contribution in [3.63, 3.8) is 0 Å². The Kier molecular flexibility index (Phi) is 11.0. The summed E-state index contributed by atoms with van der Waals surface area (Å²) < 4.78 is 7.61. The molecular formula is C79H64B2N4O. The van der Waals surface area contributed by atoms with Crippen molar-refractivity contribution >= 4 is 103 Å². The molecule has 4 fully saturated rings. The SMILES string of the molecule is CC(C)(C)c1cc2c3c(c1)N(c1ccccc1)c1ccccc1B3c1cc3c(cc1O2)N(c1ccccc1)c1cc(N2C4CC5CC(C4)CC2C5)cc2c1B3c1ccccc1N2c1c(-c2ccccc2)cc(-c2ccccc2)cc1-c1ccccc1. The molecule has 6 aliphatic heterocycles. The molecule has 0 atom stereocenters. The highest BCUT2D eigenvalue weighted by atomic mass is 16.5. The fourth-order valence-corrected chi connectivity index (χ4v) is 17.0. The van der Waals surface area contributed by atoms with Crippen LogP contribution < -0.4 is 57.1 Å². The first-order chi connectivity index (χ1) is 42.3. The number of para-hydroxylation sites is 4. The van der Waals surface area contributed by atoms with Crippen LogP contribution in [0.15, 0.2) is 249 Å². The number of hydrogen-bond donors (Lipinski definition) is 0. The van der Waals surface area contributed by atoms with Crippen LogP contribution in [0.4, 0.5) is 56.9 Å². The number of hydrogen-bond acceptors (Lipinski definition) is 5. The minimum atomic E-state index is -0.133. The van der Waals surface area contributed by atoms with Gasteiger partial charge >= 0.3 is 0 Å². The average Bonchev–Trinajstić information content (AvgIpc) is 0.722. The Bertz CT molecular complexity index is 4440. The summed E-state index contributed by atoms with van der Waals surface area (Å²) in [4.78, 5) is 10.7. The fourth-order valence-electron chi connectivity index (χ4n) is 17.0. The molecule has 0 spiro atoms. The number of rotatable bonds is 7. The minimum absolute atomic E-state index is 0.0855. The molecule has 412 valence electrons. The third-order valence-corrected chi connectivity index (χ3v) is 20.4. The Hall–Kier alpha value is -9.45. The predicted octanol–water partition coefficient (Wildman–Crippen LogP) is 16.2. The highest BCUT2D eigenvalue weighted by Crippen LogP contribution is 2.56. The van der Waals surface area contributed by atoms with Gasteiger partial charge in [0.25, 0.3) is 13.4 Å². The number of benzene rings is 11. The van der Waals surface area contributed by atoms with E-state index in [0.29, 0.717) is 12.1 Å². The third kappa shape index (κ3) is 7.59. The van der Waals surface area contributed by atoms with Gasteiger partial charge < -0.3 is 24.3 Å². The van der Waals surface area contributed by atoms with Crippen molar-refractivity contribution in [2.45, 2.75) is 70.4 Å². The van der Waals surface area contributed by atoms with Crippen LogP contribution in [0.25, 0.3) is 33.4 Å². The van der Waals surface area contributed by atoms with Crippen LogP contribution in [-0.4, -0.2) is 25.5 Å². The van der Waals surface area contributed by atoms with E-state index in [1.54, 1.807) is 0 Å². The lowest BCUT2D eigenvalue weighted by Gasteiger charge is -2.58. The maximum atomic E-state index is 7.61. The van der Waals surface area contributed by atoms with Gasteiger partial charge in [-0.2, -0.15) is 0 Å². The molecule has 11 aromatic rings. The summed E-state index contributed by atoms with van der Waals surface area (Å²) in [7, 11) is 0. The van der Waals surface area contributed by atoms with Crippen LogP contribution in [0.5, 0.6) is 11.5 Å². The quantitative estimate of drug-likeness (QED) is 0.148. The number of ether oxygens (including phenoxy) is 1. The molecule has 11 aromatic carbocycles. The summed E-state index contributed by atoms with van der Waals surface area (Å²) in [5.74, 6) is 3.48. The molecule has 5 nitrogen and oxygen atoms in total. The van der Waals surface area contributed by atoms with Gasteiger partial charge in [-0.1, -0.05) is 191 Å². The van der Waals surface area contributed by atoms with Crippen LogP contribution in [0.1, 0.15) is 58.4 Å². The van der Waals surface area contributed by atoms with Crippen molar-refractivity contribution in [3.8, 4) is 44.9 Å². The first kappa shape index (κ1) is 49.9. The zero-order valence-corrected chi connectivity index (χ0v) is 48.9. The maximum Gasteiger partial charge on any atom is 0.256 e. The van der Waals surface area contributed by atoms with E-state index >= 15 is 0 Å². The number of nitrogens with zero attached hydrogens (tertiary/aromatic N) is 4. The van der Waals surface area contributed by atoms with Crippen LogP contribution >= 0.6 is 0 Å². The lowest BCUT2D eigenvalue weighted by Crippen LogP contribution is -2.64. The summed E-state index contributed by atoms with van der Waals surface area (Å²) in [6.45, 7) is 6.75. The molecule has 2 aliphatic carbocycles. The highest BCUT2D eigenvalue weighted by Gasteiger charge is 2.51. The van der Waals surface area contributed by atoms with Crippen molar-refractivity contribution in [1.29, 1.82) is 0 Å². The van der Waals surface area contributed by atoms with Crippen molar-refractivity contribution in [1.82, 2.24) is 0 Å². The minimum Gasteiger partial charge on any atom is -0.458 e. The van der Waals surface area contributed by atoms with Gasteiger partial charge in [-0.3, -0.25) is 0 Å². The largest absolute Gasteiger partial charge is 0.458 e. The zero-order valence-electron chi connectivity index (χ0n) is 48.9. The van der Waals surface area contributed by atoms with E-state index in [-0.39, 0.29) is 18.8 Å². The summed E-state index contributed by atoms with van der Waals surface area (Å²) in [6, 6.07) is 95.0. The van der Waals surface area contributed by atoms with Crippen LogP contribution in [0, 0.1) is 11.8 Å². The van der Waals surface area contributed by atoms with Gasteiger partial charge in [0, 0.05) is 80.5 Å². The topological polar surface area (TPSA) is 22.2 Å². The van der Waals surface area contributed by atoms with Gasteiger partial charge in [0.2, 0.25) is 0 Å². The monoisotopic (exact) mass is 1110 g/mol. The lowest BCUT2D eigenvalue weighted by atomic mass is 9.30. The molecule has 86 heavy (non-hydrogen) atoms. The molecule has 0 aromatic heterocycles. The predicted molar refractivity (Wildman–Crippen MR) is 361 cm³/mol. The molecule has 0 radical (unpaired) electrons. The lowest BCUT2D eigenvalue weighted by molar-refractivity contribution is 0.0900. The second kappa shape index (κ2) is 19.0. The maximum absolute atomic E-state index is 7.61. The Morgan fingerprint density at radius 1 is 0.349 bits per heavy atom. The second-order valence-corrected chi connectivity index (χ2v) is 26.4. The van der Waals surface area contributed by atoms with Gasteiger partial charge in [-0.15, -0.1) is 0 Å². The van der Waals surface area contributed by atoms with Crippen molar-refractivity contribution in [2.24, 2.45) is 11.8 Å². The third-order valence-electron chi connectivity index (χ3n) is 20.4. The van der Waals surface area contributed by atoms with E-state index in [1.165, 1.54) is 144 Å². The number of fused-ring (bicyclic) bond motifs is 8. The molecule has 8 aliphatic rings. The van der Waals surface area contributed by atoms with Gasteiger partial charge in [-0.25, -0.2) is 0 Å². The van der Waals surface area contributed by atoms with Crippen molar-refractivity contribution in [3.05, 3.63) is 254 Å². The molecule has 19 rings (SSSR count). The second-order valence-electron chi connectivity index (χ2n) is 26.4.